The predicted octanol–water partition coefficient (Wildman–Crippen LogP) is 5.64. The molecule has 3 nitrogen and oxygen atoms in total. The number of ether oxygens (including phenoxy) is 1. The van der Waals surface area contributed by atoms with E-state index in [-0.39, 0.29) is 5.63 Å². The van der Waals surface area contributed by atoms with Gasteiger partial charge in [0.05, 0.1) is 12.7 Å². The highest BCUT2D eigenvalue weighted by Gasteiger charge is 2.07. The zero-order valence-electron chi connectivity index (χ0n) is 14.9. The smallest absolute Gasteiger partial charge is 0.344 e. The Morgan fingerprint density at radius 1 is 0.815 bits per heavy atom. The lowest BCUT2D eigenvalue weighted by Gasteiger charge is -2.04. The molecule has 0 unspecified atom stereocenters. The quantitative estimate of drug-likeness (QED) is 0.352. The molecule has 0 aliphatic rings. The summed E-state index contributed by atoms with van der Waals surface area (Å²) < 4.78 is 10.7. The Morgan fingerprint density at radius 2 is 1.52 bits per heavy atom. The van der Waals surface area contributed by atoms with Crippen LogP contribution >= 0.6 is 0 Å². The van der Waals surface area contributed by atoms with E-state index in [0.29, 0.717) is 11.1 Å². The molecule has 0 bridgehead atoms. The minimum absolute atomic E-state index is 0.324. The van der Waals surface area contributed by atoms with Crippen LogP contribution in [0.1, 0.15) is 11.1 Å². The molecule has 0 radical (unpaired) electrons. The van der Waals surface area contributed by atoms with Gasteiger partial charge < -0.3 is 9.15 Å². The van der Waals surface area contributed by atoms with Gasteiger partial charge in [-0.25, -0.2) is 4.79 Å². The minimum atomic E-state index is -0.324. The lowest BCUT2D eigenvalue weighted by atomic mass is 10.0. The van der Waals surface area contributed by atoms with Crippen molar-refractivity contribution >= 4 is 23.1 Å². The summed E-state index contributed by atoms with van der Waals surface area (Å²) in [6.45, 7) is 0. The van der Waals surface area contributed by atoms with Crippen LogP contribution in [0.25, 0.3) is 34.2 Å². The van der Waals surface area contributed by atoms with E-state index in [1.54, 1.807) is 7.11 Å². The Morgan fingerprint density at radius 3 is 2.26 bits per heavy atom. The maximum atomic E-state index is 12.3. The van der Waals surface area contributed by atoms with E-state index in [1.165, 1.54) is 0 Å². The van der Waals surface area contributed by atoms with E-state index in [1.807, 2.05) is 91.0 Å². The molecular weight excluding hydrogens is 336 g/mol. The molecule has 1 aromatic heterocycles. The summed E-state index contributed by atoms with van der Waals surface area (Å²) in [4.78, 5) is 12.3. The first-order valence-corrected chi connectivity index (χ1v) is 8.68. The molecule has 0 aliphatic carbocycles. The van der Waals surface area contributed by atoms with Crippen LogP contribution < -0.4 is 10.4 Å². The Bertz CT molecular complexity index is 1150. The zero-order valence-corrected chi connectivity index (χ0v) is 14.9. The molecule has 0 saturated heterocycles. The van der Waals surface area contributed by atoms with Crippen LogP contribution in [-0.2, 0) is 0 Å². The van der Waals surface area contributed by atoms with Gasteiger partial charge in [-0.1, -0.05) is 60.7 Å². The standard InChI is InChI=1S/C24H18O3/c1-26-21-12-9-17(10-13-21)7-8-18-11-14-23-20(15-18)16-22(24(25)27-23)19-5-3-2-4-6-19/h2-16H,1H3/b8-7+. The molecule has 27 heavy (non-hydrogen) atoms. The summed E-state index contributed by atoms with van der Waals surface area (Å²) in [6.07, 6.45) is 4.08. The second-order valence-electron chi connectivity index (χ2n) is 6.22. The van der Waals surface area contributed by atoms with Crippen molar-refractivity contribution < 1.29 is 9.15 Å². The van der Waals surface area contributed by atoms with Crippen molar-refractivity contribution in [2.45, 2.75) is 0 Å². The van der Waals surface area contributed by atoms with Gasteiger partial charge in [0.2, 0.25) is 0 Å². The Labute approximate surface area is 157 Å². The van der Waals surface area contributed by atoms with Crippen LogP contribution in [0.2, 0.25) is 0 Å². The molecule has 132 valence electrons. The summed E-state index contributed by atoms with van der Waals surface area (Å²) in [7, 11) is 1.65. The van der Waals surface area contributed by atoms with Crippen LogP contribution in [0.4, 0.5) is 0 Å². The molecule has 0 atom stereocenters. The van der Waals surface area contributed by atoms with Crippen molar-refractivity contribution in [2.75, 3.05) is 7.11 Å². The highest BCUT2D eigenvalue weighted by atomic mass is 16.5. The summed E-state index contributed by atoms with van der Waals surface area (Å²) in [5, 5.41) is 0.894. The Balaban J connectivity index is 1.69. The van der Waals surface area contributed by atoms with E-state index in [4.69, 9.17) is 9.15 Å². The van der Waals surface area contributed by atoms with Crippen LogP contribution in [0.15, 0.2) is 88.1 Å². The number of hydrogen-bond donors (Lipinski definition) is 0. The molecule has 4 rings (SSSR count). The van der Waals surface area contributed by atoms with Gasteiger partial charge in [-0.3, -0.25) is 0 Å². The maximum Gasteiger partial charge on any atom is 0.344 e. The molecule has 4 aromatic rings. The van der Waals surface area contributed by atoms with E-state index < -0.39 is 0 Å². The first kappa shape index (κ1) is 16.9. The minimum Gasteiger partial charge on any atom is -0.497 e. The highest BCUT2D eigenvalue weighted by Crippen LogP contribution is 2.23. The van der Waals surface area contributed by atoms with Crippen LogP contribution in [0.5, 0.6) is 5.75 Å². The summed E-state index contributed by atoms with van der Waals surface area (Å²) in [5.74, 6) is 0.835. The SMILES string of the molecule is COc1ccc(/C=C/c2ccc3oc(=O)c(-c4ccccc4)cc3c2)cc1. The second-order valence-corrected chi connectivity index (χ2v) is 6.22. The molecule has 0 fully saturated rings. The third-order valence-electron chi connectivity index (χ3n) is 4.43. The van der Waals surface area contributed by atoms with Gasteiger partial charge in [0.25, 0.3) is 0 Å². The number of rotatable bonds is 4. The van der Waals surface area contributed by atoms with Crippen molar-refractivity contribution in [2.24, 2.45) is 0 Å². The molecule has 3 aromatic carbocycles. The van der Waals surface area contributed by atoms with Crippen molar-refractivity contribution in [3.8, 4) is 16.9 Å². The van der Waals surface area contributed by atoms with Crippen molar-refractivity contribution in [3.63, 3.8) is 0 Å². The summed E-state index contributed by atoms with van der Waals surface area (Å²) in [6, 6.07) is 25.1. The van der Waals surface area contributed by atoms with Crippen LogP contribution in [0.3, 0.4) is 0 Å². The van der Waals surface area contributed by atoms with Crippen molar-refractivity contribution in [1.82, 2.24) is 0 Å². The molecule has 0 N–H and O–H groups in total. The first-order valence-electron chi connectivity index (χ1n) is 8.68. The fraction of sp³-hybridized carbons (Fsp3) is 0.0417. The molecule has 0 spiro atoms. The fourth-order valence-corrected chi connectivity index (χ4v) is 2.97. The first-order chi connectivity index (χ1) is 13.2. The molecule has 3 heteroatoms. The normalized spacial score (nSPS) is 11.1. The zero-order chi connectivity index (χ0) is 18.6. The van der Waals surface area contributed by atoms with E-state index >= 15 is 0 Å². The van der Waals surface area contributed by atoms with Crippen LogP contribution in [0, 0.1) is 0 Å². The monoisotopic (exact) mass is 354 g/mol. The molecule has 0 amide bonds. The molecule has 1 heterocycles. The average molecular weight is 354 g/mol. The summed E-state index contributed by atoms with van der Waals surface area (Å²) >= 11 is 0. The Hall–Kier alpha value is -3.59. The van der Waals surface area contributed by atoms with Gasteiger partial charge in [-0.2, -0.15) is 0 Å². The predicted molar refractivity (Wildman–Crippen MR) is 110 cm³/mol. The van der Waals surface area contributed by atoms with Gasteiger partial charge in [0.15, 0.2) is 0 Å². The van der Waals surface area contributed by atoms with Gasteiger partial charge in [-0.05, 0) is 47.0 Å². The highest BCUT2D eigenvalue weighted by molar-refractivity contribution is 5.85. The van der Waals surface area contributed by atoms with Gasteiger partial charge in [0, 0.05) is 5.39 Å². The fourth-order valence-electron chi connectivity index (χ4n) is 2.97. The lowest BCUT2D eigenvalue weighted by molar-refractivity contribution is 0.415. The van der Waals surface area contributed by atoms with Crippen molar-refractivity contribution in [3.05, 3.63) is 100 Å². The van der Waals surface area contributed by atoms with E-state index in [2.05, 4.69) is 0 Å². The van der Waals surface area contributed by atoms with Gasteiger partial charge >= 0.3 is 5.63 Å². The van der Waals surface area contributed by atoms with Crippen molar-refractivity contribution in [1.29, 1.82) is 0 Å². The maximum absolute atomic E-state index is 12.3. The average Bonchev–Trinajstić information content (AvgIpc) is 2.73. The third-order valence-corrected chi connectivity index (χ3v) is 4.43. The van der Waals surface area contributed by atoms with Gasteiger partial charge in [-0.15, -0.1) is 0 Å². The van der Waals surface area contributed by atoms with E-state index in [9.17, 15) is 4.79 Å². The van der Waals surface area contributed by atoms with Crippen LogP contribution in [-0.4, -0.2) is 7.11 Å². The Kier molecular flexibility index (Phi) is 4.58. The largest absolute Gasteiger partial charge is 0.497 e. The van der Waals surface area contributed by atoms with Gasteiger partial charge in [0.1, 0.15) is 11.3 Å². The topological polar surface area (TPSA) is 39.4 Å². The number of methoxy groups -OCH3 is 1. The lowest BCUT2D eigenvalue weighted by Crippen LogP contribution is -2.02. The van der Waals surface area contributed by atoms with E-state index in [0.717, 1.165) is 27.8 Å². The summed E-state index contributed by atoms with van der Waals surface area (Å²) in [5.41, 5.74) is 3.80. The second kappa shape index (κ2) is 7.34. The molecule has 0 aliphatic heterocycles. The third kappa shape index (κ3) is 3.67. The molecule has 0 saturated carbocycles. The number of benzene rings is 3. The molecular formula is C24H18O3. The number of hydrogen-bond acceptors (Lipinski definition) is 3. The number of fused-ring (bicyclic) bond motifs is 1.